The Morgan fingerprint density at radius 3 is 2.62 bits per heavy atom. The van der Waals surface area contributed by atoms with Gasteiger partial charge in [-0.3, -0.25) is 9.59 Å². The third kappa shape index (κ3) is 5.75. The van der Waals surface area contributed by atoms with Gasteiger partial charge in [0.25, 0.3) is 5.91 Å². The quantitative estimate of drug-likeness (QED) is 0.746. The summed E-state index contributed by atoms with van der Waals surface area (Å²) >= 11 is 1.28. The number of carbonyl (C=O) groups excluding carboxylic acids is 2. The van der Waals surface area contributed by atoms with E-state index < -0.39 is 5.60 Å². The highest BCUT2D eigenvalue weighted by molar-refractivity contribution is 7.05. The molecular formula is C18H29N3O4S. The predicted octanol–water partition coefficient (Wildman–Crippen LogP) is 1.60. The Morgan fingerprint density at radius 1 is 1.42 bits per heavy atom. The summed E-state index contributed by atoms with van der Waals surface area (Å²) in [6.07, 6.45) is 1.30. The molecule has 0 spiro atoms. The van der Waals surface area contributed by atoms with Crippen LogP contribution in [0.3, 0.4) is 0 Å². The van der Waals surface area contributed by atoms with E-state index in [1.807, 2.05) is 20.8 Å². The molecule has 0 bridgehead atoms. The number of ether oxygens (including phenoxy) is 1. The maximum absolute atomic E-state index is 12.5. The van der Waals surface area contributed by atoms with Gasteiger partial charge in [-0.2, -0.15) is 4.37 Å². The second kappa shape index (κ2) is 8.45. The first-order valence-electron chi connectivity index (χ1n) is 8.85. The monoisotopic (exact) mass is 383 g/mol. The van der Waals surface area contributed by atoms with Crippen LogP contribution in [0.2, 0.25) is 0 Å². The van der Waals surface area contributed by atoms with E-state index in [4.69, 9.17) is 4.74 Å². The second-order valence-electron chi connectivity index (χ2n) is 7.88. The molecule has 1 fully saturated rings. The van der Waals surface area contributed by atoms with E-state index >= 15 is 0 Å². The van der Waals surface area contributed by atoms with Crippen LogP contribution in [0.15, 0.2) is 6.07 Å². The zero-order valence-corrected chi connectivity index (χ0v) is 16.8. The van der Waals surface area contributed by atoms with Crippen molar-refractivity contribution in [3.05, 3.63) is 16.6 Å². The topological polar surface area (TPSA) is 91.8 Å². The molecule has 2 heterocycles. The number of methoxy groups -OCH3 is 1. The van der Waals surface area contributed by atoms with Crippen molar-refractivity contribution in [3.8, 4) is 0 Å². The SMILES string of the molecule is COCC(C)(C)CC(=O)N1CCC(O)(CNC(=O)c2cc(C)sn2)CC1. The smallest absolute Gasteiger partial charge is 0.271 e. The maximum Gasteiger partial charge on any atom is 0.271 e. The highest BCUT2D eigenvalue weighted by Crippen LogP contribution is 2.26. The molecule has 0 unspecified atom stereocenters. The number of nitrogens with one attached hydrogen (secondary N) is 1. The van der Waals surface area contributed by atoms with E-state index in [1.165, 1.54) is 11.5 Å². The normalized spacial score (nSPS) is 17.2. The van der Waals surface area contributed by atoms with Crippen LogP contribution in [0, 0.1) is 12.3 Å². The van der Waals surface area contributed by atoms with Gasteiger partial charge >= 0.3 is 0 Å². The highest BCUT2D eigenvalue weighted by Gasteiger charge is 2.35. The summed E-state index contributed by atoms with van der Waals surface area (Å²) in [5.74, 6) is -0.196. The molecule has 2 amide bonds. The molecule has 0 atom stereocenters. The molecule has 2 N–H and O–H groups in total. The summed E-state index contributed by atoms with van der Waals surface area (Å²) < 4.78 is 9.24. The number of likely N-dealkylation sites (tertiary alicyclic amines) is 1. The largest absolute Gasteiger partial charge is 0.388 e. The van der Waals surface area contributed by atoms with Crippen molar-refractivity contribution in [2.45, 2.75) is 45.6 Å². The molecule has 1 aromatic rings. The van der Waals surface area contributed by atoms with Crippen molar-refractivity contribution in [1.29, 1.82) is 0 Å². The molecule has 0 saturated carbocycles. The average molecular weight is 384 g/mol. The van der Waals surface area contributed by atoms with Crippen LogP contribution >= 0.6 is 11.5 Å². The van der Waals surface area contributed by atoms with E-state index in [-0.39, 0.29) is 23.8 Å². The standard InChI is InChI=1S/C18H29N3O4S/c1-13-9-14(20-26-13)16(23)19-11-18(24)5-7-21(8-6-18)15(22)10-17(2,3)12-25-4/h9,24H,5-8,10-12H2,1-4H3,(H,19,23). The minimum absolute atomic E-state index is 0.0797. The minimum atomic E-state index is -0.987. The molecule has 0 aliphatic carbocycles. The van der Waals surface area contributed by atoms with Crippen molar-refractivity contribution in [1.82, 2.24) is 14.6 Å². The van der Waals surface area contributed by atoms with E-state index in [0.717, 1.165) is 4.88 Å². The van der Waals surface area contributed by atoms with Gasteiger partial charge in [-0.1, -0.05) is 13.8 Å². The number of rotatable bonds is 7. The van der Waals surface area contributed by atoms with Crippen molar-refractivity contribution in [2.75, 3.05) is 33.4 Å². The number of piperidine rings is 1. The van der Waals surface area contributed by atoms with Crippen LogP contribution in [0.25, 0.3) is 0 Å². The van der Waals surface area contributed by atoms with Gasteiger partial charge < -0.3 is 20.1 Å². The Bertz CT molecular complexity index is 636. The highest BCUT2D eigenvalue weighted by atomic mass is 32.1. The molecule has 1 aliphatic heterocycles. The number of aliphatic hydroxyl groups is 1. The molecule has 1 saturated heterocycles. The molecular weight excluding hydrogens is 354 g/mol. The summed E-state index contributed by atoms with van der Waals surface area (Å²) in [5, 5.41) is 13.5. The first kappa shape index (κ1) is 20.8. The lowest BCUT2D eigenvalue weighted by Crippen LogP contribution is -2.52. The lowest BCUT2D eigenvalue weighted by molar-refractivity contribution is -0.138. The van der Waals surface area contributed by atoms with Gasteiger partial charge in [0, 0.05) is 38.0 Å². The number of carbonyl (C=O) groups is 2. The van der Waals surface area contributed by atoms with Crippen LogP contribution in [0.5, 0.6) is 0 Å². The minimum Gasteiger partial charge on any atom is -0.388 e. The van der Waals surface area contributed by atoms with E-state index in [0.29, 0.717) is 44.7 Å². The van der Waals surface area contributed by atoms with Crippen LogP contribution in [-0.4, -0.2) is 65.1 Å². The Kier molecular flexibility index (Phi) is 6.76. The van der Waals surface area contributed by atoms with Crippen LogP contribution < -0.4 is 5.32 Å². The zero-order valence-electron chi connectivity index (χ0n) is 16.0. The van der Waals surface area contributed by atoms with Gasteiger partial charge in [0.1, 0.15) is 5.69 Å². The fraction of sp³-hybridized carbons (Fsp3) is 0.722. The number of nitrogens with zero attached hydrogens (tertiary/aromatic N) is 2. The lowest BCUT2D eigenvalue weighted by Gasteiger charge is -2.39. The molecule has 26 heavy (non-hydrogen) atoms. The lowest BCUT2D eigenvalue weighted by atomic mass is 9.87. The first-order valence-corrected chi connectivity index (χ1v) is 9.62. The number of hydrogen-bond acceptors (Lipinski definition) is 6. The number of hydrogen-bond donors (Lipinski definition) is 2. The summed E-state index contributed by atoms with van der Waals surface area (Å²) in [5.41, 5.74) is -0.817. The van der Waals surface area contributed by atoms with Crippen molar-refractivity contribution in [3.63, 3.8) is 0 Å². The Hall–Kier alpha value is -1.51. The van der Waals surface area contributed by atoms with Crippen molar-refractivity contribution >= 4 is 23.3 Å². The molecule has 146 valence electrons. The van der Waals surface area contributed by atoms with Crippen LogP contribution in [0.1, 0.15) is 48.5 Å². The number of aryl methyl sites for hydroxylation is 1. The molecule has 1 aromatic heterocycles. The van der Waals surface area contributed by atoms with Gasteiger partial charge in [0.05, 0.1) is 12.2 Å². The van der Waals surface area contributed by atoms with Crippen LogP contribution in [0.4, 0.5) is 0 Å². The number of amides is 2. The second-order valence-corrected chi connectivity index (χ2v) is 8.89. The molecule has 8 heteroatoms. The zero-order chi connectivity index (χ0) is 19.4. The van der Waals surface area contributed by atoms with E-state index in [9.17, 15) is 14.7 Å². The fourth-order valence-corrected chi connectivity index (χ4v) is 3.66. The molecule has 0 radical (unpaired) electrons. The summed E-state index contributed by atoms with van der Waals surface area (Å²) in [6.45, 7) is 7.57. The van der Waals surface area contributed by atoms with E-state index in [1.54, 1.807) is 18.1 Å². The van der Waals surface area contributed by atoms with Crippen LogP contribution in [-0.2, 0) is 9.53 Å². The Balaban J connectivity index is 1.80. The Morgan fingerprint density at radius 2 is 2.08 bits per heavy atom. The molecule has 1 aliphatic rings. The van der Waals surface area contributed by atoms with Gasteiger partial charge in [-0.25, -0.2) is 0 Å². The van der Waals surface area contributed by atoms with E-state index in [2.05, 4.69) is 9.69 Å². The van der Waals surface area contributed by atoms with Crippen molar-refractivity contribution < 1.29 is 19.4 Å². The third-order valence-corrected chi connectivity index (χ3v) is 5.34. The van der Waals surface area contributed by atoms with Gasteiger partial charge in [-0.15, -0.1) is 0 Å². The molecule has 2 rings (SSSR count). The summed E-state index contributed by atoms with van der Waals surface area (Å²) in [6, 6.07) is 1.73. The summed E-state index contributed by atoms with van der Waals surface area (Å²) in [7, 11) is 1.63. The third-order valence-electron chi connectivity index (χ3n) is 4.65. The fourth-order valence-electron chi connectivity index (χ4n) is 3.12. The van der Waals surface area contributed by atoms with Gasteiger partial charge in [-0.05, 0) is 42.8 Å². The predicted molar refractivity (Wildman–Crippen MR) is 100 cm³/mol. The number of aromatic nitrogens is 1. The average Bonchev–Trinajstić information content (AvgIpc) is 2.99. The Labute approximate surface area is 158 Å². The summed E-state index contributed by atoms with van der Waals surface area (Å²) in [4.78, 5) is 27.3. The van der Waals surface area contributed by atoms with Gasteiger partial charge in [0.15, 0.2) is 0 Å². The maximum atomic E-state index is 12.5. The van der Waals surface area contributed by atoms with Gasteiger partial charge in [0.2, 0.25) is 5.91 Å². The molecule has 7 nitrogen and oxygen atoms in total. The van der Waals surface area contributed by atoms with Crippen molar-refractivity contribution in [2.24, 2.45) is 5.41 Å². The first-order chi connectivity index (χ1) is 12.1. The molecule has 0 aromatic carbocycles.